The van der Waals surface area contributed by atoms with Gasteiger partial charge in [0.25, 0.3) is 0 Å². The van der Waals surface area contributed by atoms with Crippen molar-refractivity contribution in [3.05, 3.63) is 22.4 Å². The lowest BCUT2D eigenvalue weighted by molar-refractivity contribution is -0.123. The van der Waals surface area contributed by atoms with Crippen molar-refractivity contribution < 1.29 is 4.79 Å². The molecule has 102 valence electrons. The highest BCUT2D eigenvalue weighted by Gasteiger charge is 2.23. The molecule has 0 aliphatic carbocycles. The minimum Gasteiger partial charge on any atom is -0.353 e. The molecule has 1 aromatic heterocycles. The summed E-state index contributed by atoms with van der Waals surface area (Å²) in [6, 6.07) is 2.29. The summed E-state index contributed by atoms with van der Waals surface area (Å²) < 4.78 is 0. The fourth-order valence-electron chi connectivity index (χ4n) is 2.10. The molecule has 1 amide bonds. The average molecular weight is 269 g/mol. The van der Waals surface area contributed by atoms with E-state index >= 15 is 0 Å². The summed E-state index contributed by atoms with van der Waals surface area (Å²) in [7, 11) is 1.94. The van der Waals surface area contributed by atoms with Crippen molar-refractivity contribution in [3.8, 4) is 0 Å². The largest absolute Gasteiger partial charge is 0.353 e. The molecule has 0 aliphatic rings. The highest BCUT2D eigenvalue weighted by atomic mass is 32.1. The number of carbonyl (C=O) groups is 1. The molecule has 0 aliphatic heterocycles. The Morgan fingerprint density at radius 1 is 1.50 bits per heavy atom. The van der Waals surface area contributed by atoms with Crippen LogP contribution in [0.4, 0.5) is 0 Å². The fraction of sp³-hybridized carbons (Fsp3) is 0.615. The summed E-state index contributed by atoms with van der Waals surface area (Å²) in [6.07, 6.45) is 0. The smallest absolute Gasteiger partial charge is 0.234 e. The molecule has 0 saturated carbocycles. The predicted molar refractivity (Wildman–Crippen MR) is 76.6 cm³/mol. The van der Waals surface area contributed by atoms with E-state index in [2.05, 4.69) is 16.8 Å². The zero-order valence-corrected chi connectivity index (χ0v) is 12.3. The van der Waals surface area contributed by atoms with E-state index in [4.69, 9.17) is 5.73 Å². The van der Waals surface area contributed by atoms with Crippen LogP contribution in [0.3, 0.4) is 0 Å². The molecule has 0 radical (unpaired) electrons. The number of hydrogen-bond acceptors (Lipinski definition) is 4. The van der Waals surface area contributed by atoms with Gasteiger partial charge < -0.3 is 11.1 Å². The average Bonchev–Trinajstić information content (AvgIpc) is 2.68. The standard InChI is InChI=1S/C13H23N3OS/c1-9(2)15-12(17)7-16(4)13(10(3)14)11-5-6-18-8-11/h5-6,8-10,13H,7,14H2,1-4H3,(H,15,17). The van der Waals surface area contributed by atoms with Crippen LogP contribution >= 0.6 is 11.3 Å². The quantitative estimate of drug-likeness (QED) is 0.824. The molecule has 3 N–H and O–H groups in total. The van der Waals surface area contributed by atoms with E-state index in [1.807, 2.05) is 38.1 Å². The van der Waals surface area contributed by atoms with E-state index in [1.54, 1.807) is 11.3 Å². The van der Waals surface area contributed by atoms with Crippen molar-refractivity contribution in [2.24, 2.45) is 5.73 Å². The maximum atomic E-state index is 11.8. The summed E-state index contributed by atoms with van der Waals surface area (Å²) in [6.45, 7) is 6.25. The molecule has 1 aromatic rings. The molecular weight excluding hydrogens is 246 g/mol. The van der Waals surface area contributed by atoms with Gasteiger partial charge in [0.15, 0.2) is 0 Å². The molecule has 0 aromatic carbocycles. The maximum Gasteiger partial charge on any atom is 0.234 e. The molecule has 5 heteroatoms. The number of likely N-dealkylation sites (N-methyl/N-ethyl adjacent to an activating group) is 1. The lowest BCUT2D eigenvalue weighted by Gasteiger charge is -2.30. The predicted octanol–water partition coefficient (Wildman–Crippen LogP) is 1.59. The van der Waals surface area contributed by atoms with E-state index < -0.39 is 0 Å². The van der Waals surface area contributed by atoms with E-state index in [1.165, 1.54) is 5.56 Å². The number of rotatable bonds is 6. The molecule has 0 fully saturated rings. The Hall–Kier alpha value is -0.910. The molecule has 0 saturated heterocycles. The molecule has 2 atom stereocenters. The van der Waals surface area contributed by atoms with Crippen LogP contribution in [-0.4, -0.2) is 36.5 Å². The molecule has 4 nitrogen and oxygen atoms in total. The summed E-state index contributed by atoms with van der Waals surface area (Å²) in [5, 5.41) is 7.02. The molecule has 18 heavy (non-hydrogen) atoms. The van der Waals surface area contributed by atoms with Gasteiger partial charge in [0, 0.05) is 12.1 Å². The van der Waals surface area contributed by atoms with Crippen LogP contribution in [0.15, 0.2) is 16.8 Å². The first-order valence-corrected chi connectivity index (χ1v) is 7.13. The molecule has 0 bridgehead atoms. The van der Waals surface area contributed by atoms with Crippen molar-refractivity contribution >= 4 is 17.2 Å². The Morgan fingerprint density at radius 2 is 2.17 bits per heavy atom. The Labute approximate surface area is 113 Å². The molecule has 0 spiro atoms. The number of nitrogens with two attached hydrogens (primary N) is 1. The molecule has 1 rings (SSSR count). The van der Waals surface area contributed by atoms with Crippen molar-refractivity contribution in [1.29, 1.82) is 0 Å². The van der Waals surface area contributed by atoms with Gasteiger partial charge in [-0.1, -0.05) is 0 Å². The third kappa shape index (κ3) is 4.40. The van der Waals surface area contributed by atoms with Crippen LogP contribution in [0.25, 0.3) is 0 Å². The minimum absolute atomic E-state index is 0.0172. The molecular formula is C13H23N3OS. The number of amides is 1. The van der Waals surface area contributed by atoms with Crippen molar-refractivity contribution in [3.63, 3.8) is 0 Å². The molecule has 1 heterocycles. The van der Waals surface area contributed by atoms with Crippen LogP contribution in [0.5, 0.6) is 0 Å². The Kier molecular flexibility index (Phi) is 5.78. The van der Waals surface area contributed by atoms with Gasteiger partial charge in [0.1, 0.15) is 0 Å². The van der Waals surface area contributed by atoms with Gasteiger partial charge in [-0.3, -0.25) is 9.69 Å². The van der Waals surface area contributed by atoms with E-state index in [-0.39, 0.29) is 24.0 Å². The van der Waals surface area contributed by atoms with E-state index in [0.717, 1.165) is 0 Å². The Balaban J connectivity index is 2.67. The van der Waals surface area contributed by atoms with E-state index in [9.17, 15) is 4.79 Å². The van der Waals surface area contributed by atoms with Crippen LogP contribution in [0.2, 0.25) is 0 Å². The van der Waals surface area contributed by atoms with Crippen LogP contribution < -0.4 is 11.1 Å². The lowest BCUT2D eigenvalue weighted by atomic mass is 10.0. The zero-order valence-electron chi connectivity index (χ0n) is 11.5. The lowest BCUT2D eigenvalue weighted by Crippen LogP contribution is -2.44. The SMILES string of the molecule is CC(C)NC(=O)CN(C)C(c1ccsc1)C(C)N. The first-order chi connectivity index (χ1) is 8.41. The topological polar surface area (TPSA) is 58.4 Å². The second-order valence-electron chi connectivity index (χ2n) is 5.00. The number of hydrogen-bond donors (Lipinski definition) is 2. The van der Waals surface area contributed by atoms with Gasteiger partial charge in [-0.25, -0.2) is 0 Å². The van der Waals surface area contributed by atoms with Crippen molar-refractivity contribution in [1.82, 2.24) is 10.2 Å². The van der Waals surface area contributed by atoms with Crippen LogP contribution in [-0.2, 0) is 4.79 Å². The van der Waals surface area contributed by atoms with Gasteiger partial charge in [0.2, 0.25) is 5.91 Å². The summed E-state index contributed by atoms with van der Waals surface area (Å²) in [5.74, 6) is 0.0355. The van der Waals surface area contributed by atoms with E-state index in [0.29, 0.717) is 6.54 Å². The third-order valence-corrected chi connectivity index (χ3v) is 3.40. The number of thiophene rings is 1. The first-order valence-electron chi connectivity index (χ1n) is 6.19. The number of nitrogens with zero attached hydrogens (tertiary/aromatic N) is 1. The maximum absolute atomic E-state index is 11.8. The minimum atomic E-state index is -0.0172. The third-order valence-electron chi connectivity index (χ3n) is 2.70. The van der Waals surface area contributed by atoms with Gasteiger partial charge in [-0.05, 0) is 50.2 Å². The summed E-state index contributed by atoms with van der Waals surface area (Å²) >= 11 is 1.65. The second kappa shape index (κ2) is 6.87. The Morgan fingerprint density at radius 3 is 2.61 bits per heavy atom. The second-order valence-corrected chi connectivity index (χ2v) is 5.78. The summed E-state index contributed by atoms with van der Waals surface area (Å²) in [5.41, 5.74) is 7.21. The van der Waals surface area contributed by atoms with Crippen LogP contribution in [0.1, 0.15) is 32.4 Å². The van der Waals surface area contributed by atoms with Crippen LogP contribution in [0, 0.1) is 0 Å². The van der Waals surface area contributed by atoms with Gasteiger partial charge in [-0.15, -0.1) is 0 Å². The van der Waals surface area contributed by atoms with Crippen molar-refractivity contribution in [2.75, 3.05) is 13.6 Å². The highest BCUT2D eigenvalue weighted by molar-refractivity contribution is 7.07. The molecule has 2 unspecified atom stereocenters. The van der Waals surface area contributed by atoms with Gasteiger partial charge in [-0.2, -0.15) is 11.3 Å². The summed E-state index contributed by atoms with van der Waals surface area (Å²) in [4.78, 5) is 13.8. The monoisotopic (exact) mass is 269 g/mol. The Bertz CT molecular complexity index is 362. The zero-order chi connectivity index (χ0) is 13.7. The van der Waals surface area contributed by atoms with Gasteiger partial charge in [0.05, 0.1) is 12.6 Å². The number of nitrogens with one attached hydrogen (secondary N) is 1. The fourth-order valence-corrected chi connectivity index (χ4v) is 2.78. The van der Waals surface area contributed by atoms with Gasteiger partial charge >= 0.3 is 0 Å². The number of carbonyl (C=O) groups excluding carboxylic acids is 1. The van der Waals surface area contributed by atoms with Crippen molar-refractivity contribution in [2.45, 2.75) is 38.9 Å². The highest BCUT2D eigenvalue weighted by Crippen LogP contribution is 2.24. The normalized spacial score (nSPS) is 14.8. The first kappa shape index (κ1) is 15.1.